The van der Waals surface area contributed by atoms with Crippen molar-refractivity contribution in [2.45, 2.75) is 38.3 Å². The smallest absolute Gasteiger partial charge is 0.315 e. The van der Waals surface area contributed by atoms with E-state index in [1.807, 2.05) is 19.1 Å². The van der Waals surface area contributed by atoms with Crippen molar-refractivity contribution >= 4 is 6.03 Å². The number of aliphatic hydroxyl groups is 1. The van der Waals surface area contributed by atoms with E-state index in [0.717, 1.165) is 18.6 Å². The number of hydrogen-bond acceptors (Lipinski definition) is 3. The third kappa shape index (κ3) is 3.40. The summed E-state index contributed by atoms with van der Waals surface area (Å²) in [4.78, 5) is 12.1. The van der Waals surface area contributed by atoms with Gasteiger partial charge in [0.25, 0.3) is 0 Å². The molecule has 2 unspecified atom stereocenters. The monoisotopic (exact) mass is 314 g/mol. The Hall–Kier alpha value is -2.27. The van der Waals surface area contributed by atoms with E-state index in [1.54, 1.807) is 19.1 Å². The highest BCUT2D eigenvalue weighted by molar-refractivity contribution is 5.74. The standard InChI is InChI=1S/C18H22N2O3/c1-12-7-10-16(23-12)18(2,22)11-19-17(21)20-15-9-8-13-5-3-4-6-14(13)15/h3-7,10,15,22H,8-9,11H2,1-2H3,(H2,19,20,21). The minimum Gasteiger partial charge on any atom is -0.463 e. The Morgan fingerprint density at radius 3 is 2.87 bits per heavy atom. The van der Waals surface area contributed by atoms with Gasteiger partial charge in [-0.15, -0.1) is 0 Å². The van der Waals surface area contributed by atoms with Gasteiger partial charge in [0.15, 0.2) is 0 Å². The Balaban J connectivity index is 1.56. The zero-order valence-electron chi connectivity index (χ0n) is 13.4. The van der Waals surface area contributed by atoms with Gasteiger partial charge < -0.3 is 20.2 Å². The number of furan rings is 1. The Morgan fingerprint density at radius 2 is 2.13 bits per heavy atom. The fraction of sp³-hybridized carbons (Fsp3) is 0.389. The number of carbonyl (C=O) groups is 1. The largest absolute Gasteiger partial charge is 0.463 e. The minimum atomic E-state index is -1.24. The first-order valence-electron chi connectivity index (χ1n) is 7.87. The van der Waals surface area contributed by atoms with Crippen molar-refractivity contribution in [3.63, 3.8) is 0 Å². The van der Waals surface area contributed by atoms with Crippen molar-refractivity contribution in [1.82, 2.24) is 10.6 Å². The highest BCUT2D eigenvalue weighted by Gasteiger charge is 2.28. The maximum atomic E-state index is 12.1. The summed E-state index contributed by atoms with van der Waals surface area (Å²) in [6, 6.07) is 11.4. The fourth-order valence-electron chi connectivity index (χ4n) is 2.98. The highest BCUT2D eigenvalue weighted by Crippen LogP contribution is 2.30. The predicted molar refractivity (Wildman–Crippen MR) is 87.1 cm³/mol. The second kappa shape index (κ2) is 6.08. The number of aryl methyl sites for hydroxylation is 2. The summed E-state index contributed by atoms with van der Waals surface area (Å²) < 4.78 is 5.44. The lowest BCUT2D eigenvalue weighted by molar-refractivity contribution is 0.0359. The second-order valence-corrected chi connectivity index (χ2v) is 6.30. The van der Waals surface area contributed by atoms with Crippen LogP contribution in [0.3, 0.4) is 0 Å². The van der Waals surface area contributed by atoms with Gasteiger partial charge >= 0.3 is 6.03 Å². The minimum absolute atomic E-state index is 0.0296. The molecule has 5 nitrogen and oxygen atoms in total. The van der Waals surface area contributed by atoms with E-state index in [0.29, 0.717) is 5.76 Å². The average molecular weight is 314 g/mol. The summed E-state index contributed by atoms with van der Waals surface area (Å²) in [7, 11) is 0. The van der Waals surface area contributed by atoms with E-state index in [1.165, 1.54) is 11.1 Å². The quantitative estimate of drug-likeness (QED) is 0.812. The molecule has 1 aromatic heterocycles. The zero-order chi connectivity index (χ0) is 16.4. The molecule has 2 atom stereocenters. The van der Waals surface area contributed by atoms with Crippen LogP contribution in [0.25, 0.3) is 0 Å². The number of carbonyl (C=O) groups excluding carboxylic acids is 1. The Labute approximate surface area is 135 Å². The van der Waals surface area contributed by atoms with Crippen LogP contribution >= 0.6 is 0 Å². The van der Waals surface area contributed by atoms with Gasteiger partial charge in [0.05, 0.1) is 12.6 Å². The molecule has 122 valence electrons. The van der Waals surface area contributed by atoms with Crippen molar-refractivity contribution in [3.8, 4) is 0 Å². The summed E-state index contributed by atoms with van der Waals surface area (Å²) >= 11 is 0. The Morgan fingerprint density at radius 1 is 1.35 bits per heavy atom. The third-order valence-corrected chi connectivity index (χ3v) is 4.30. The molecule has 0 radical (unpaired) electrons. The fourth-order valence-corrected chi connectivity index (χ4v) is 2.98. The predicted octanol–water partition coefficient (Wildman–Crippen LogP) is 2.78. The first-order valence-corrected chi connectivity index (χ1v) is 7.87. The lowest BCUT2D eigenvalue weighted by Crippen LogP contribution is -2.44. The van der Waals surface area contributed by atoms with E-state index in [4.69, 9.17) is 4.42 Å². The van der Waals surface area contributed by atoms with E-state index < -0.39 is 5.60 Å². The lowest BCUT2D eigenvalue weighted by atomic mass is 10.0. The Bertz CT molecular complexity index is 706. The van der Waals surface area contributed by atoms with Crippen molar-refractivity contribution in [3.05, 3.63) is 59.0 Å². The number of hydrogen-bond donors (Lipinski definition) is 3. The van der Waals surface area contributed by atoms with Gasteiger partial charge in [-0.2, -0.15) is 0 Å². The summed E-state index contributed by atoms with van der Waals surface area (Å²) in [6.45, 7) is 3.52. The van der Waals surface area contributed by atoms with Crippen LogP contribution in [-0.2, 0) is 12.0 Å². The van der Waals surface area contributed by atoms with Gasteiger partial charge in [-0.1, -0.05) is 24.3 Å². The van der Waals surface area contributed by atoms with Crippen molar-refractivity contribution in [2.24, 2.45) is 0 Å². The van der Waals surface area contributed by atoms with E-state index >= 15 is 0 Å². The lowest BCUT2D eigenvalue weighted by Gasteiger charge is -2.22. The van der Waals surface area contributed by atoms with E-state index in [9.17, 15) is 9.90 Å². The number of benzene rings is 1. The maximum absolute atomic E-state index is 12.1. The van der Waals surface area contributed by atoms with Crippen LogP contribution in [0.1, 0.15) is 42.0 Å². The van der Waals surface area contributed by atoms with Crippen LogP contribution < -0.4 is 10.6 Å². The van der Waals surface area contributed by atoms with Gasteiger partial charge in [-0.3, -0.25) is 0 Å². The first-order chi connectivity index (χ1) is 11.0. The summed E-state index contributed by atoms with van der Waals surface area (Å²) in [6.07, 6.45) is 1.88. The van der Waals surface area contributed by atoms with Gasteiger partial charge in [-0.05, 0) is 49.9 Å². The number of fused-ring (bicyclic) bond motifs is 1. The molecule has 0 spiro atoms. The molecule has 1 aromatic carbocycles. The van der Waals surface area contributed by atoms with Gasteiger partial charge in [0.1, 0.15) is 17.1 Å². The summed E-state index contributed by atoms with van der Waals surface area (Å²) in [5.74, 6) is 1.17. The van der Waals surface area contributed by atoms with Crippen molar-refractivity contribution < 1.29 is 14.3 Å². The van der Waals surface area contributed by atoms with Crippen molar-refractivity contribution in [1.29, 1.82) is 0 Å². The molecule has 3 rings (SSSR count). The molecule has 23 heavy (non-hydrogen) atoms. The number of amides is 2. The maximum Gasteiger partial charge on any atom is 0.315 e. The molecule has 5 heteroatoms. The van der Waals surface area contributed by atoms with Crippen molar-refractivity contribution in [2.75, 3.05) is 6.54 Å². The number of rotatable bonds is 4. The summed E-state index contributed by atoms with van der Waals surface area (Å²) in [5, 5.41) is 16.1. The molecule has 0 aliphatic heterocycles. The van der Waals surface area contributed by atoms with E-state index in [-0.39, 0.29) is 18.6 Å². The molecule has 0 saturated carbocycles. The molecular weight excluding hydrogens is 292 g/mol. The molecule has 2 aromatic rings. The van der Waals surface area contributed by atoms with Crippen LogP contribution in [-0.4, -0.2) is 17.7 Å². The first kappa shape index (κ1) is 15.6. The average Bonchev–Trinajstić information content (AvgIpc) is 3.13. The van der Waals surface area contributed by atoms with Crippen LogP contribution in [0.2, 0.25) is 0 Å². The van der Waals surface area contributed by atoms with Crippen LogP contribution in [0, 0.1) is 6.92 Å². The molecule has 1 aliphatic carbocycles. The van der Waals surface area contributed by atoms with Gasteiger partial charge in [0, 0.05) is 0 Å². The molecule has 0 fully saturated rings. The SMILES string of the molecule is Cc1ccc(C(C)(O)CNC(=O)NC2CCc3ccccc32)o1. The van der Waals surface area contributed by atoms with Gasteiger partial charge in [0.2, 0.25) is 0 Å². The number of nitrogens with one attached hydrogen (secondary N) is 2. The molecule has 0 bridgehead atoms. The zero-order valence-corrected chi connectivity index (χ0v) is 13.4. The molecule has 1 heterocycles. The second-order valence-electron chi connectivity index (χ2n) is 6.30. The molecule has 1 aliphatic rings. The van der Waals surface area contributed by atoms with Crippen LogP contribution in [0.5, 0.6) is 0 Å². The van der Waals surface area contributed by atoms with Crippen LogP contribution in [0.4, 0.5) is 4.79 Å². The summed E-state index contributed by atoms with van der Waals surface area (Å²) in [5.41, 5.74) is 1.23. The molecule has 3 N–H and O–H groups in total. The van der Waals surface area contributed by atoms with Crippen LogP contribution in [0.15, 0.2) is 40.8 Å². The number of urea groups is 1. The Kier molecular flexibility index (Phi) is 4.13. The molecule has 0 saturated heterocycles. The third-order valence-electron chi connectivity index (χ3n) is 4.30. The van der Waals surface area contributed by atoms with E-state index in [2.05, 4.69) is 22.8 Å². The highest BCUT2D eigenvalue weighted by atomic mass is 16.4. The molecular formula is C18H22N2O3. The topological polar surface area (TPSA) is 74.5 Å². The van der Waals surface area contributed by atoms with Gasteiger partial charge in [-0.25, -0.2) is 4.79 Å². The molecule has 2 amide bonds. The normalized spacial score (nSPS) is 19.0.